The Balaban J connectivity index is 1.68. The van der Waals surface area contributed by atoms with E-state index in [0.717, 1.165) is 18.5 Å². The summed E-state index contributed by atoms with van der Waals surface area (Å²) < 4.78 is 5.44. The predicted molar refractivity (Wildman–Crippen MR) is 90.7 cm³/mol. The molecule has 128 valence electrons. The molecule has 2 aromatic rings. The average molecular weight is 350 g/mol. The minimum atomic E-state index is -0.149. The first-order valence-corrected chi connectivity index (χ1v) is 8.28. The highest BCUT2D eigenvalue weighted by Gasteiger charge is 2.35. The molecule has 0 saturated carbocycles. The summed E-state index contributed by atoms with van der Waals surface area (Å²) in [5.41, 5.74) is 0.854. The number of nitrogens with one attached hydrogen (secondary N) is 2. The summed E-state index contributed by atoms with van der Waals surface area (Å²) >= 11 is 5.90. The Morgan fingerprint density at radius 2 is 2.17 bits per heavy atom. The number of rotatable bonds is 4. The second-order valence-electron chi connectivity index (χ2n) is 5.85. The van der Waals surface area contributed by atoms with Crippen molar-refractivity contribution < 1.29 is 9.32 Å². The third kappa shape index (κ3) is 3.68. The summed E-state index contributed by atoms with van der Waals surface area (Å²) in [4.78, 5) is 18.3. The molecule has 0 radical (unpaired) electrons. The summed E-state index contributed by atoms with van der Waals surface area (Å²) in [7, 11) is 1.98. The summed E-state index contributed by atoms with van der Waals surface area (Å²) in [6.07, 6.45) is 0.732. The van der Waals surface area contributed by atoms with Crippen molar-refractivity contribution in [2.24, 2.45) is 0 Å². The minimum Gasteiger partial charge on any atom is -0.338 e. The van der Waals surface area contributed by atoms with Crippen molar-refractivity contribution in [3.05, 3.63) is 35.2 Å². The maximum atomic E-state index is 11.7. The Morgan fingerprint density at radius 1 is 1.42 bits per heavy atom. The molecule has 8 heteroatoms. The van der Waals surface area contributed by atoms with Gasteiger partial charge in [-0.1, -0.05) is 16.8 Å². The molecule has 2 N–H and O–H groups in total. The molecule has 1 fully saturated rings. The molecule has 1 aliphatic heterocycles. The molecule has 3 rings (SSSR count). The topological polar surface area (TPSA) is 83.3 Å². The van der Waals surface area contributed by atoms with Gasteiger partial charge in [0.1, 0.15) is 0 Å². The van der Waals surface area contributed by atoms with Gasteiger partial charge in [-0.25, -0.2) is 4.79 Å². The molecule has 2 atom stereocenters. The highest BCUT2D eigenvalue weighted by atomic mass is 35.5. The lowest BCUT2D eigenvalue weighted by molar-refractivity contribution is 0.237. The van der Waals surface area contributed by atoms with Gasteiger partial charge in [-0.3, -0.25) is 4.90 Å². The SMILES string of the molecule is CCNC(=O)N[C@H]1C[C@@H](c2nc(-c3ccc(Cl)cc3)no2)N(C)C1. The zero-order valence-electron chi connectivity index (χ0n) is 13.6. The Labute approximate surface area is 145 Å². The first-order chi connectivity index (χ1) is 11.6. The number of halogens is 1. The summed E-state index contributed by atoms with van der Waals surface area (Å²) in [6, 6.07) is 7.19. The molecular weight excluding hydrogens is 330 g/mol. The molecule has 0 spiro atoms. The van der Waals surface area contributed by atoms with Gasteiger partial charge >= 0.3 is 6.03 Å². The van der Waals surface area contributed by atoms with Crippen LogP contribution < -0.4 is 10.6 Å². The normalized spacial score (nSPS) is 21.0. The van der Waals surface area contributed by atoms with Crippen LogP contribution >= 0.6 is 11.6 Å². The first-order valence-electron chi connectivity index (χ1n) is 7.91. The molecule has 0 bridgehead atoms. The van der Waals surface area contributed by atoms with E-state index in [4.69, 9.17) is 16.1 Å². The van der Waals surface area contributed by atoms with Gasteiger partial charge in [0.15, 0.2) is 0 Å². The van der Waals surface area contributed by atoms with Crippen LogP contribution in [-0.4, -0.2) is 47.3 Å². The Hall–Kier alpha value is -2.12. The molecule has 0 unspecified atom stereocenters. The highest BCUT2D eigenvalue weighted by Crippen LogP contribution is 2.31. The predicted octanol–water partition coefficient (Wildman–Crippen LogP) is 2.45. The lowest BCUT2D eigenvalue weighted by atomic mass is 10.1. The molecule has 2 heterocycles. The molecule has 1 saturated heterocycles. The van der Waals surface area contributed by atoms with Crippen LogP contribution in [0.1, 0.15) is 25.3 Å². The zero-order valence-corrected chi connectivity index (χ0v) is 14.4. The van der Waals surface area contributed by atoms with Crippen LogP contribution in [0.3, 0.4) is 0 Å². The van der Waals surface area contributed by atoms with Gasteiger partial charge in [-0.05, 0) is 44.7 Å². The van der Waals surface area contributed by atoms with Crippen molar-refractivity contribution in [3.63, 3.8) is 0 Å². The Morgan fingerprint density at radius 3 is 2.88 bits per heavy atom. The van der Waals surface area contributed by atoms with E-state index >= 15 is 0 Å². The molecule has 1 aromatic heterocycles. The molecule has 1 aromatic carbocycles. The summed E-state index contributed by atoms with van der Waals surface area (Å²) in [5.74, 6) is 1.10. The molecule has 0 aliphatic carbocycles. The van der Waals surface area contributed by atoms with Crippen molar-refractivity contribution in [2.75, 3.05) is 20.1 Å². The van der Waals surface area contributed by atoms with E-state index in [9.17, 15) is 4.79 Å². The lowest BCUT2D eigenvalue weighted by Crippen LogP contribution is -2.42. The number of nitrogens with zero attached hydrogens (tertiary/aromatic N) is 3. The number of aromatic nitrogens is 2. The maximum Gasteiger partial charge on any atom is 0.315 e. The van der Waals surface area contributed by atoms with Crippen molar-refractivity contribution >= 4 is 17.6 Å². The fourth-order valence-corrected chi connectivity index (χ4v) is 3.00. The first kappa shape index (κ1) is 16.7. The summed E-state index contributed by atoms with van der Waals surface area (Å²) in [5, 5.41) is 10.4. The van der Waals surface area contributed by atoms with E-state index in [1.54, 1.807) is 12.1 Å². The van der Waals surface area contributed by atoms with Crippen molar-refractivity contribution in [1.29, 1.82) is 0 Å². The zero-order chi connectivity index (χ0) is 17.1. The van der Waals surface area contributed by atoms with Crippen LogP contribution in [-0.2, 0) is 0 Å². The molecular formula is C16H20ClN5O2. The van der Waals surface area contributed by atoms with Crippen LogP contribution in [0.15, 0.2) is 28.8 Å². The number of likely N-dealkylation sites (N-methyl/N-ethyl adjacent to an activating group) is 1. The third-order valence-electron chi connectivity index (χ3n) is 4.05. The number of likely N-dealkylation sites (tertiary alicyclic amines) is 1. The van der Waals surface area contributed by atoms with E-state index in [1.165, 1.54) is 0 Å². The number of amides is 2. The van der Waals surface area contributed by atoms with E-state index < -0.39 is 0 Å². The van der Waals surface area contributed by atoms with Crippen molar-refractivity contribution in [3.8, 4) is 11.4 Å². The largest absolute Gasteiger partial charge is 0.338 e. The standard InChI is InChI=1S/C16H20ClN5O2/c1-3-18-16(23)19-12-8-13(22(2)9-12)15-20-14(21-24-15)10-4-6-11(17)7-5-10/h4-7,12-13H,3,8-9H2,1-2H3,(H2,18,19,23)/t12-,13-/m0/s1. The Kier molecular flexibility index (Phi) is 5.01. The Bertz CT molecular complexity index is 703. The number of hydrogen-bond donors (Lipinski definition) is 2. The molecule has 24 heavy (non-hydrogen) atoms. The second-order valence-corrected chi connectivity index (χ2v) is 6.29. The molecule has 1 aliphatic rings. The second kappa shape index (κ2) is 7.19. The van der Waals surface area contributed by atoms with E-state index in [-0.39, 0.29) is 18.1 Å². The smallest absolute Gasteiger partial charge is 0.315 e. The number of hydrogen-bond acceptors (Lipinski definition) is 5. The van der Waals surface area contributed by atoms with E-state index in [1.807, 2.05) is 26.1 Å². The quantitative estimate of drug-likeness (QED) is 0.885. The van der Waals surface area contributed by atoms with Gasteiger partial charge in [0.2, 0.25) is 11.7 Å². The van der Waals surface area contributed by atoms with Gasteiger partial charge in [0, 0.05) is 29.7 Å². The van der Waals surface area contributed by atoms with Gasteiger partial charge in [0.05, 0.1) is 6.04 Å². The van der Waals surface area contributed by atoms with E-state index in [0.29, 0.717) is 23.3 Å². The van der Waals surface area contributed by atoms with E-state index in [2.05, 4.69) is 25.7 Å². The van der Waals surface area contributed by atoms with Crippen molar-refractivity contribution in [1.82, 2.24) is 25.7 Å². The van der Waals surface area contributed by atoms with Crippen molar-refractivity contribution in [2.45, 2.75) is 25.4 Å². The third-order valence-corrected chi connectivity index (χ3v) is 4.30. The van der Waals surface area contributed by atoms with Crippen LogP contribution in [0.5, 0.6) is 0 Å². The molecule has 7 nitrogen and oxygen atoms in total. The number of benzene rings is 1. The van der Waals surface area contributed by atoms with Gasteiger partial charge in [0.25, 0.3) is 0 Å². The van der Waals surface area contributed by atoms with Crippen LogP contribution in [0.25, 0.3) is 11.4 Å². The van der Waals surface area contributed by atoms with Crippen LogP contribution in [0, 0.1) is 0 Å². The van der Waals surface area contributed by atoms with Gasteiger partial charge in [-0.15, -0.1) is 0 Å². The lowest BCUT2D eigenvalue weighted by Gasteiger charge is -2.14. The average Bonchev–Trinajstić information content (AvgIpc) is 3.15. The number of urea groups is 1. The van der Waals surface area contributed by atoms with Gasteiger partial charge < -0.3 is 15.2 Å². The van der Waals surface area contributed by atoms with Crippen LogP contribution in [0.2, 0.25) is 5.02 Å². The number of carbonyl (C=O) groups is 1. The maximum absolute atomic E-state index is 11.7. The molecule has 2 amide bonds. The number of carbonyl (C=O) groups excluding carboxylic acids is 1. The van der Waals surface area contributed by atoms with Gasteiger partial charge in [-0.2, -0.15) is 4.98 Å². The summed E-state index contributed by atoms with van der Waals surface area (Å²) in [6.45, 7) is 3.23. The van der Waals surface area contributed by atoms with Crippen LogP contribution in [0.4, 0.5) is 4.79 Å². The fourth-order valence-electron chi connectivity index (χ4n) is 2.88. The fraction of sp³-hybridized carbons (Fsp3) is 0.438. The minimum absolute atomic E-state index is 0.00882. The highest BCUT2D eigenvalue weighted by molar-refractivity contribution is 6.30. The monoisotopic (exact) mass is 349 g/mol.